The van der Waals surface area contributed by atoms with Crippen molar-refractivity contribution in [2.45, 2.75) is 19.8 Å². The maximum absolute atomic E-state index is 9.25. The predicted molar refractivity (Wildman–Crippen MR) is 100 cm³/mol. The van der Waals surface area contributed by atoms with E-state index < -0.39 is 17.9 Å². The average molecular weight is 396 g/mol. The summed E-state index contributed by atoms with van der Waals surface area (Å²) in [7, 11) is 0. The molecule has 0 atom stereocenters. The molecular weight excluding hydrogens is 364 g/mol. The van der Waals surface area contributed by atoms with Gasteiger partial charge < -0.3 is 35.7 Å². The van der Waals surface area contributed by atoms with Crippen molar-refractivity contribution >= 4 is 17.9 Å². The third-order valence-electron chi connectivity index (χ3n) is 1.81. The van der Waals surface area contributed by atoms with Gasteiger partial charge in [-0.05, 0) is 19.8 Å². The van der Waals surface area contributed by atoms with Gasteiger partial charge in [-0.1, -0.05) is 19.7 Å². The van der Waals surface area contributed by atoms with E-state index in [4.69, 9.17) is 35.7 Å². The SMILES string of the molecule is C=CC(=O)O.C=CC(=O)O.C=CC(=O)O.CCO.OCCCC(CO)CO. The number of carboxylic acid groups (broad SMARTS) is 3. The largest absolute Gasteiger partial charge is 0.478 e. The summed E-state index contributed by atoms with van der Waals surface area (Å²) < 4.78 is 0. The van der Waals surface area contributed by atoms with Gasteiger partial charge >= 0.3 is 17.9 Å². The number of hydrogen-bond donors (Lipinski definition) is 7. The summed E-state index contributed by atoms with van der Waals surface area (Å²) >= 11 is 0. The van der Waals surface area contributed by atoms with Crippen LogP contribution in [0.15, 0.2) is 38.0 Å². The Balaban J connectivity index is -0.0000000787. The highest BCUT2D eigenvalue weighted by Gasteiger charge is 2.03. The summed E-state index contributed by atoms with van der Waals surface area (Å²) in [5, 5.41) is 55.7. The van der Waals surface area contributed by atoms with Crippen LogP contribution < -0.4 is 0 Å². The first kappa shape index (κ1) is 35.6. The van der Waals surface area contributed by atoms with Crippen LogP contribution in [0.2, 0.25) is 0 Å². The van der Waals surface area contributed by atoms with Gasteiger partial charge in [0.05, 0.1) is 0 Å². The minimum absolute atomic E-state index is 0.0104. The number of carboxylic acids is 3. The molecular formula is C17H32O10. The number of aliphatic carboxylic acids is 3. The quantitative estimate of drug-likeness (QED) is 0.277. The lowest BCUT2D eigenvalue weighted by molar-refractivity contribution is -0.132. The second-order valence-corrected chi connectivity index (χ2v) is 4.04. The Labute approximate surface area is 159 Å². The van der Waals surface area contributed by atoms with E-state index in [2.05, 4.69) is 19.7 Å². The highest BCUT2D eigenvalue weighted by atomic mass is 16.4. The topological polar surface area (TPSA) is 193 Å². The molecule has 0 unspecified atom stereocenters. The monoisotopic (exact) mass is 396 g/mol. The maximum atomic E-state index is 9.25. The number of carbonyl (C=O) groups is 3. The molecule has 0 aromatic carbocycles. The highest BCUT2D eigenvalue weighted by molar-refractivity contribution is 5.79. The van der Waals surface area contributed by atoms with Crippen LogP contribution in [0.4, 0.5) is 0 Å². The molecule has 0 fully saturated rings. The van der Waals surface area contributed by atoms with Crippen LogP contribution in [-0.2, 0) is 14.4 Å². The van der Waals surface area contributed by atoms with Gasteiger partial charge in [0.15, 0.2) is 0 Å². The molecule has 0 aromatic rings. The fourth-order valence-electron chi connectivity index (χ4n) is 0.620. The van der Waals surface area contributed by atoms with Crippen LogP contribution in [0.25, 0.3) is 0 Å². The molecule has 0 aliphatic rings. The van der Waals surface area contributed by atoms with Crippen molar-refractivity contribution < 1.29 is 50.1 Å². The molecule has 0 aliphatic carbocycles. The lowest BCUT2D eigenvalue weighted by atomic mass is 10.1. The standard InChI is InChI=1S/C6H14O3.3C3H4O2.C2H6O/c7-3-1-2-6(4-8)5-9;3*1-2-3(4)5;1-2-3/h6-9H,1-5H2;3*2H,1H2,(H,4,5);3H,2H2,1H3. The van der Waals surface area contributed by atoms with Crippen molar-refractivity contribution in [1.29, 1.82) is 0 Å². The third-order valence-corrected chi connectivity index (χ3v) is 1.81. The van der Waals surface area contributed by atoms with Gasteiger partial charge in [0.25, 0.3) is 0 Å². The van der Waals surface area contributed by atoms with Crippen molar-refractivity contribution in [1.82, 2.24) is 0 Å². The van der Waals surface area contributed by atoms with Gasteiger partial charge in [-0.25, -0.2) is 14.4 Å². The molecule has 0 radical (unpaired) electrons. The van der Waals surface area contributed by atoms with E-state index in [1.165, 1.54) is 0 Å². The van der Waals surface area contributed by atoms with E-state index in [0.717, 1.165) is 18.2 Å². The van der Waals surface area contributed by atoms with Gasteiger partial charge in [-0.3, -0.25) is 0 Å². The summed E-state index contributed by atoms with van der Waals surface area (Å²) in [5.41, 5.74) is 0. The molecule has 0 saturated heterocycles. The van der Waals surface area contributed by atoms with Crippen LogP contribution in [0, 0.1) is 5.92 Å². The fraction of sp³-hybridized carbons (Fsp3) is 0.471. The molecule has 0 bridgehead atoms. The molecule has 10 heteroatoms. The summed E-state index contributed by atoms with van der Waals surface area (Å²) in [6.45, 7) is 11.0. The Kier molecular flexibility index (Phi) is 45.7. The normalized spacial score (nSPS) is 7.78. The molecule has 7 N–H and O–H groups in total. The second-order valence-electron chi connectivity index (χ2n) is 4.04. The lowest BCUT2D eigenvalue weighted by Crippen LogP contribution is -2.11. The van der Waals surface area contributed by atoms with Crippen molar-refractivity contribution in [3.63, 3.8) is 0 Å². The van der Waals surface area contributed by atoms with Crippen LogP contribution in [0.1, 0.15) is 19.8 Å². The van der Waals surface area contributed by atoms with E-state index in [0.29, 0.717) is 12.8 Å². The second kappa shape index (κ2) is 34.7. The minimum Gasteiger partial charge on any atom is -0.478 e. The van der Waals surface area contributed by atoms with Gasteiger partial charge in [0.1, 0.15) is 0 Å². The Morgan fingerprint density at radius 1 is 0.778 bits per heavy atom. The zero-order valence-electron chi connectivity index (χ0n) is 15.5. The first-order valence-electron chi connectivity index (χ1n) is 7.57. The van der Waals surface area contributed by atoms with Crippen molar-refractivity contribution in [3.05, 3.63) is 38.0 Å². The molecule has 0 aliphatic heterocycles. The number of rotatable bonds is 8. The number of aliphatic hydroxyl groups is 4. The van der Waals surface area contributed by atoms with Crippen LogP contribution >= 0.6 is 0 Å². The number of hydrogen-bond acceptors (Lipinski definition) is 7. The smallest absolute Gasteiger partial charge is 0.327 e. The van der Waals surface area contributed by atoms with Crippen LogP contribution in [-0.4, -0.2) is 80.1 Å². The molecule has 0 aromatic heterocycles. The Bertz CT molecular complexity index is 333. The first-order chi connectivity index (χ1) is 12.6. The maximum Gasteiger partial charge on any atom is 0.327 e. The molecule has 160 valence electrons. The van der Waals surface area contributed by atoms with Gasteiger partial charge in [0, 0.05) is 50.6 Å². The third kappa shape index (κ3) is 82.2. The van der Waals surface area contributed by atoms with Gasteiger partial charge in [0.2, 0.25) is 0 Å². The van der Waals surface area contributed by atoms with Crippen LogP contribution in [0.5, 0.6) is 0 Å². The van der Waals surface area contributed by atoms with Crippen molar-refractivity contribution in [3.8, 4) is 0 Å². The first-order valence-corrected chi connectivity index (χ1v) is 7.57. The summed E-state index contributed by atoms with van der Waals surface area (Å²) in [6, 6.07) is 0. The summed E-state index contributed by atoms with van der Waals surface area (Å²) in [6.07, 6.45) is 3.86. The van der Waals surface area contributed by atoms with E-state index in [9.17, 15) is 14.4 Å². The van der Waals surface area contributed by atoms with E-state index >= 15 is 0 Å². The van der Waals surface area contributed by atoms with Gasteiger partial charge in [-0.2, -0.15) is 0 Å². The lowest BCUT2D eigenvalue weighted by Gasteiger charge is -2.07. The Hall–Kier alpha value is -2.53. The molecule has 0 amide bonds. The predicted octanol–water partition coefficient (Wildman–Crippen LogP) is 0.129. The molecule has 0 saturated carbocycles. The van der Waals surface area contributed by atoms with Crippen molar-refractivity contribution in [2.75, 3.05) is 26.4 Å². The van der Waals surface area contributed by atoms with E-state index in [1.807, 2.05) is 0 Å². The average Bonchev–Trinajstić information content (AvgIpc) is 2.64. The van der Waals surface area contributed by atoms with Crippen molar-refractivity contribution in [2.24, 2.45) is 5.92 Å². The Morgan fingerprint density at radius 3 is 1.11 bits per heavy atom. The Morgan fingerprint density at radius 2 is 1.00 bits per heavy atom. The summed E-state index contributed by atoms with van der Waals surface area (Å²) in [5.74, 6) is -2.99. The molecule has 27 heavy (non-hydrogen) atoms. The summed E-state index contributed by atoms with van der Waals surface area (Å²) in [4.78, 5) is 27.8. The molecule has 0 heterocycles. The van der Waals surface area contributed by atoms with Gasteiger partial charge in [-0.15, -0.1) is 0 Å². The molecule has 0 rings (SSSR count). The molecule has 10 nitrogen and oxygen atoms in total. The zero-order valence-corrected chi connectivity index (χ0v) is 15.5. The fourth-order valence-corrected chi connectivity index (χ4v) is 0.620. The minimum atomic E-state index is -0.981. The highest BCUT2D eigenvalue weighted by Crippen LogP contribution is 2.02. The number of aliphatic hydroxyl groups excluding tert-OH is 4. The van der Waals surface area contributed by atoms with Crippen LogP contribution in [0.3, 0.4) is 0 Å². The zero-order chi connectivity index (χ0) is 22.7. The van der Waals surface area contributed by atoms with E-state index in [-0.39, 0.29) is 32.3 Å². The molecule has 0 spiro atoms. The van der Waals surface area contributed by atoms with E-state index in [1.54, 1.807) is 6.92 Å².